The molecule has 2 heterocycles. The first-order valence-electron chi connectivity index (χ1n) is 5.99. The summed E-state index contributed by atoms with van der Waals surface area (Å²) in [6.45, 7) is 2.22. The highest BCUT2D eigenvalue weighted by molar-refractivity contribution is 7.15. The van der Waals surface area contributed by atoms with Gasteiger partial charge in [-0.2, -0.15) is 0 Å². The minimum atomic E-state index is -0.471. The quantitative estimate of drug-likeness (QED) is 0.693. The second-order valence-corrected chi connectivity index (χ2v) is 5.60. The van der Waals surface area contributed by atoms with E-state index in [1.165, 1.54) is 16.9 Å². The van der Waals surface area contributed by atoms with Crippen LogP contribution in [-0.2, 0) is 11.3 Å². The van der Waals surface area contributed by atoms with Crippen LogP contribution in [0, 0.1) is 6.92 Å². The summed E-state index contributed by atoms with van der Waals surface area (Å²) in [5.74, 6) is -0.471. The lowest BCUT2D eigenvalue weighted by molar-refractivity contribution is 0.0465. The summed E-state index contributed by atoms with van der Waals surface area (Å²) in [6, 6.07) is 7.82. The predicted octanol–water partition coefficient (Wildman–Crippen LogP) is 3.71. The summed E-state index contributed by atoms with van der Waals surface area (Å²) in [7, 11) is 0. The Hall–Kier alpha value is -1.85. The molecule has 2 aromatic heterocycles. The normalized spacial score (nSPS) is 10.9. The number of esters is 1. The standard InChI is InChI=1S/C14H11ClN2O2S/c1-9-2-4-10(5-3-9)8-19-13(18)11-12(15)16-14-17(11)6-7-20-14/h2-7H,8H2,1H3. The van der Waals surface area contributed by atoms with Crippen molar-refractivity contribution in [3.8, 4) is 0 Å². The molecule has 1 aromatic carbocycles. The Morgan fingerprint density at radius 2 is 2.15 bits per heavy atom. The molecule has 0 radical (unpaired) electrons. The first-order chi connectivity index (χ1) is 9.65. The molecule has 0 aliphatic carbocycles. The zero-order chi connectivity index (χ0) is 14.1. The third-order valence-corrected chi connectivity index (χ3v) is 3.92. The van der Waals surface area contributed by atoms with Crippen LogP contribution in [0.4, 0.5) is 0 Å². The number of rotatable bonds is 3. The van der Waals surface area contributed by atoms with Crippen LogP contribution >= 0.6 is 22.9 Å². The Bertz CT molecular complexity index is 761. The van der Waals surface area contributed by atoms with Gasteiger partial charge < -0.3 is 4.74 Å². The van der Waals surface area contributed by atoms with Crippen molar-refractivity contribution in [2.75, 3.05) is 0 Å². The molecule has 3 aromatic rings. The molecule has 0 unspecified atom stereocenters. The van der Waals surface area contributed by atoms with Gasteiger partial charge in [0, 0.05) is 11.6 Å². The second kappa shape index (κ2) is 5.26. The van der Waals surface area contributed by atoms with Crippen molar-refractivity contribution in [3.63, 3.8) is 0 Å². The topological polar surface area (TPSA) is 43.6 Å². The number of carbonyl (C=O) groups excluding carboxylic acids is 1. The number of benzene rings is 1. The molecule has 0 N–H and O–H groups in total. The SMILES string of the molecule is Cc1ccc(COC(=O)c2c(Cl)nc3sccn23)cc1. The second-order valence-electron chi connectivity index (χ2n) is 4.37. The lowest BCUT2D eigenvalue weighted by Gasteiger charge is -2.05. The number of hydrogen-bond acceptors (Lipinski definition) is 4. The van der Waals surface area contributed by atoms with Crippen LogP contribution in [0.5, 0.6) is 0 Å². The van der Waals surface area contributed by atoms with Crippen molar-refractivity contribution in [3.05, 3.63) is 57.8 Å². The summed E-state index contributed by atoms with van der Waals surface area (Å²) in [5.41, 5.74) is 2.38. The minimum Gasteiger partial charge on any atom is -0.456 e. The van der Waals surface area contributed by atoms with Crippen molar-refractivity contribution in [1.82, 2.24) is 9.38 Å². The summed E-state index contributed by atoms with van der Waals surface area (Å²) in [6.07, 6.45) is 1.75. The molecular formula is C14H11ClN2O2S. The molecule has 6 heteroatoms. The molecule has 0 fully saturated rings. The maximum Gasteiger partial charge on any atom is 0.358 e. The zero-order valence-corrected chi connectivity index (χ0v) is 12.2. The molecule has 0 aliphatic heterocycles. The van der Waals surface area contributed by atoms with E-state index >= 15 is 0 Å². The third kappa shape index (κ3) is 2.42. The van der Waals surface area contributed by atoms with E-state index in [2.05, 4.69) is 4.98 Å². The van der Waals surface area contributed by atoms with Gasteiger partial charge in [0.2, 0.25) is 0 Å². The number of ether oxygens (including phenoxy) is 1. The van der Waals surface area contributed by atoms with Gasteiger partial charge in [-0.15, -0.1) is 11.3 Å². The highest BCUT2D eigenvalue weighted by Gasteiger charge is 2.20. The van der Waals surface area contributed by atoms with Crippen molar-refractivity contribution >= 4 is 33.9 Å². The van der Waals surface area contributed by atoms with Gasteiger partial charge in [0.05, 0.1) is 0 Å². The molecule has 102 valence electrons. The van der Waals surface area contributed by atoms with E-state index in [0.29, 0.717) is 4.96 Å². The van der Waals surface area contributed by atoms with Crippen LogP contribution in [0.2, 0.25) is 5.15 Å². The van der Waals surface area contributed by atoms with Gasteiger partial charge in [-0.05, 0) is 12.5 Å². The maximum atomic E-state index is 12.1. The van der Waals surface area contributed by atoms with Gasteiger partial charge in [-0.25, -0.2) is 9.78 Å². The number of imidazole rings is 1. The fourth-order valence-electron chi connectivity index (χ4n) is 1.84. The number of thiazole rings is 1. The molecule has 4 nitrogen and oxygen atoms in total. The van der Waals surface area contributed by atoms with Crippen molar-refractivity contribution in [2.24, 2.45) is 0 Å². The van der Waals surface area contributed by atoms with Gasteiger partial charge in [0.15, 0.2) is 15.8 Å². The molecule has 0 aliphatic rings. The number of hydrogen-bond donors (Lipinski definition) is 0. The van der Waals surface area contributed by atoms with E-state index in [9.17, 15) is 4.79 Å². The van der Waals surface area contributed by atoms with Crippen LogP contribution in [0.15, 0.2) is 35.8 Å². The smallest absolute Gasteiger partial charge is 0.358 e. The van der Waals surface area contributed by atoms with E-state index in [1.807, 2.05) is 36.6 Å². The van der Waals surface area contributed by atoms with Gasteiger partial charge >= 0.3 is 5.97 Å². The van der Waals surface area contributed by atoms with Crippen LogP contribution in [-0.4, -0.2) is 15.4 Å². The highest BCUT2D eigenvalue weighted by Crippen LogP contribution is 2.22. The number of halogens is 1. The molecule has 0 saturated carbocycles. The highest BCUT2D eigenvalue weighted by atomic mass is 35.5. The van der Waals surface area contributed by atoms with Crippen LogP contribution < -0.4 is 0 Å². The fourth-order valence-corrected chi connectivity index (χ4v) is 2.86. The predicted molar refractivity (Wildman–Crippen MR) is 78.4 cm³/mol. The van der Waals surface area contributed by atoms with Crippen molar-refractivity contribution in [1.29, 1.82) is 0 Å². The Morgan fingerprint density at radius 3 is 2.90 bits per heavy atom. The summed E-state index contributed by atoms with van der Waals surface area (Å²) < 4.78 is 6.93. The van der Waals surface area contributed by atoms with Gasteiger partial charge in [0.25, 0.3) is 0 Å². The summed E-state index contributed by atoms with van der Waals surface area (Å²) >= 11 is 7.40. The van der Waals surface area contributed by atoms with E-state index < -0.39 is 5.97 Å². The number of aryl methyl sites for hydroxylation is 1. The molecule has 0 amide bonds. The maximum absolute atomic E-state index is 12.1. The lowest BCUT2D eigenvalue weighted by atomic mass is 10.2. The lowest BCUT2D eigenvalue weighted by Crippen LogP contribution is -2.08. The monoisotopic (exact) mass is 306 g/mol. The molecule has 0 atom stereocenters. The molecule has 20 heavy (non-hydrogen) atoms. The van der Waals surface area contributed by atoms with E-state index in [4.69, 9.17) is 16.3 Å². The van der Waals surface area contributed by atoms with Crippen LogP contribution in [0.25, 0.3) is 4.96 Å². The van der Waals surface area contributed by atoms with E-state index in [0.717, 1.165) is 5.56 Å². The molecule has 0 spiro atoms. The molecule has 0 bridgehead atoms. The fraction of sp³-hybridized carbons (Fsp3) is 0.143. The average molecular weight is 307 g/mol. The zero-order valence-electron chi connectivity index (χ0n) is 10.7. The molecule has 0 saturated heterocycles. The molecular weight excluding hydrogens is 296 g/mol. The largest absolute Gasteiger partial charge is 0.456 e. The number of nitrogens with zero attached hydrogens (tertiary/aromatic N) is 2. The van der Waals surface area contributed by atoms with Gasteiger partial charge in [0.1, 0.15) is 6.61 Å². The van der Waals surface area contributed by atoms with Crippen LogP contribution in [0.3, 0.4) is 0 Å². The Morgan fingerprint density at radius 1 is 1.40 bits per heavy atom. The Balaban J connectivity index is 1.77. The van der Waals surface area contributed by atoms with Gasteiger partial charge in [-0.1, -0.05) is 41.4 Å². The van der Waals surface area contributed by atoms with Crippen LogP contribution in [0.1, 0.15) is 21.6 Å². The first-order valence-corrected chi connectivity index (χ1v) is 7.24. The Labute approximate surface area is 124 Å². The summed E-state index contributed by atoms with van der Waals surface area (Å²) in [4.78, 5) is 16.9. The average Bonchev–Trinajstić information content (AvgIpc) is 2.97. The number of carbonyl (C=O) groups is 1. The van der Waals surface area contributed by atoms with E-state index in [1.54, 1.807) is 10.6 Å². The minimum absolute atomic E-state index is 0.172. The van der Waals surface area contributed by atoms with E-state index in [-0.39, 0.29) is 17.5 Å². The summed E-state index contributed by atoms with van der Waals surface area (Å²) in [5, 5.41) is 2.01. The van der Waals surface area contributed by atoms with Gasteiger partial charge in [-0.3, -0.25) is 4.40 Å². The number of fused-ring (bicyclic) bond motifs is 1. The third-order valence-electron chi connectivity index (χ3n) is 2.90. The number of aromatic nitrogens is 2. The molecule has 3 rings (SSSR count). The van der Waals surface area contributed by atoms with Crippen molar-refractivity contribution < 1.29 is 9.53 Å². The van der Waals surface area contributed by atoms with Crippen molar-refractivity contribution in [2.45, 2.75) is 13.5 Å². The Kier molecular flexibility index (Phi) is 3.46. The first kappa shape index (κ1) is 13.1.